The van der Waals surface area contributed by atoms with Gasteiger partial charge in [0.25, 0.3) is 5.56 Å². The minimum Gasteiger partial charge on any atom is -0.489 e. The molecular formula is C24H22N2O5. The molecule has 1 aromatic heterocycles. The van der Waals surface area contributed by atoms with E-state index in [1.165, 1.54) is 15.5 Å². The topological polar surface area (TPSA) is 88.8 Å². The predicted molar refractivity (Wildman–Crippen MR) is 114 cm³/mol. The molecule has 158 valence electrons. The van der Waals surface area contributed by atoms with Crippen molar-refractivity contribution in [2.45, 2.75) is 26.1 Å². The number of fused-ring (bicyclic) bond motifs is 1. The molecular weight excluding hydrogens is 396 g/mol. The molecule has 0 spiro atoms. The Labute approximate surface area is 179 Å². The van der Waals surface area contributed by atoms with E-state index in [4.69, 9.17) is 4.74 Å². The highest BCUT2D eigenvalue weighted by molar-refractivity contribution is 5.96. The van der Waals surface area contributed by atoms with E-state index in [0.717, 1.165) is 16.7 Å². The van der Waals surface area contributed by atoms with Gasteiger partial charge < -0.3 is 19.3 Å². The number of aromatic nitrogens is 1. The highest BCUT2D eigenvalue weighted by Gasteiger charge is 2.21. The van der Waals surface area contributed by atoms with E-state index in [-0.39, 0.29) is 24.4 Å². The van der Waals surface area contributed by atoms with Gasteiger partial charge in [-0.3, -0.25) is 9.59 Å². The summed E-state index contributed by atoms with van der Waals surface area (Å²) in [6, 6.07) is 18.0. The maximum Gasteiger partial charge on any atom is 0.407 e. The number of carboxylic acid groups (broad SMARTS) is 1. The zero-order chi connectivity index (χ0) is 21.8. The maximum atomic E-state index is 12.7. The Morgan fingerprint density at radius 2 is 1.81 bits per heavy atom. The predicted octanol–water partition coefficient (Wildman–Crippen LogP) is 3.35. The number of ketones is 1. The molecule has 0 saturated heterocycles. The number of carbonyl (C=O) groups excluding carboxylic acids is 1. The number of nitrogens with zero attached hydrogens (tertiary/aromatic N) is 2. The lowest BCUT2D eigenvalue weighted by Gasteiger charge is -2.26. The number of ether oxygens (including phenoxy) is 1. The van der Waals surface area contributed by atoms with Crippen LogP contribution >= 0.6 is 0 Å². The number of hydrogen-bond acceptors (Lipinski definition) is 4. The lowest BCUT2D eigenvalue weighted by atomic mass is 9.96. The van der Waals surface area contributed by atoms with Crippen LogP contribution in [0.2, 0.25) is 0 Å². The van der Waals surface area contributed by atoms with Crippen LogP contribution in [0.15, 0.2) is 71.7 Å². The van der Waals surface area contributed by atoms with Crippen molar-refractivity contribution in [3.8, 4) is 5.75 Å². The lowest BCUT2D eigenvalue weighted by Crippen LogP contribution is -2.34. The Kier molecular flexibility index (Phi) is 5.84. The first-order valence-electron chi connectivity index (χ1n) is 10.00. The van der Waals surface area contributed by atoms with Crippen LogP contribution in [0.25, 0.3) is 0 Å². The second-order valence-electron chi connectivity index (χ2n) is 7.46. The van der Waals surface area contributed by atoms with Gasteiger partial charge in [-0.15, -0.1) is 0 Å². The van der Waals surface area contributed by atoms with Crippen molar-refractivity contribution in [2.24, 2.45) is 0 Å². The van der Waals surface area contributed by atoms with Crippen LogP contribution in [0.1, 0.15) is 27.0 Å². The third-order valence-electron chi connectivity index (χ3n) is 5.34. The number of Topliss-reactive ketones (excluding diaryl/α,β-unsaturated/α-hetero) is 1. The van der Waals surface area contributed by atoms with Crippen molar-refractivity contribution < 1.29 is 19.4 Å². The SMILES string of the molecule is O=C(Cn1ccc(OCc2ccccc2)cc1=O)c1ccc2c(c1)CN(C(=O)O)CC2. The molecule has 0 radical (unpaired) electrons. The van der Waals surface area contributed by atoms with Gasteiger partial charge in [0.05, 0.1) is 6.54 Å². The molecule has 1 amide bonds. The van der Waals surface area contributed by atoms with Crippen molar-refractivity contribution in [1.82, 2.24) is 9.47 Å². The Bertz CT molecular complexity index is 1170. The Balaban J connectivity index is 1.43. The minimum atomic E-state index is -0.969. The van der Waals surface area contributed by atoms with Crippen LogP contribution in [0.5, 0.6) is 5.75 Å². The van der Waals surface area contributed by atoms with Crippen LogP contribution < -0.4 is 10.3 Å². The second-order valence-corrected chi connectivity index (χ2v) is 7.46. The molecule has 7 heteroatoms. The molecule has 2 heterocycles. The maximum absolute atomic E-state index is 12.7. The summed E-state index contributed by atoms with van der Waals surface area (Å²) in [7, 11) is 0. The van der Waals surface area contributed by atoms with Gasteiger partial charge >= 0.3 is 6.09 Å². The smallest absolute Gasteiger partial charge is 0.407 e. The molecule has 0 fully saturated rings. The van der Waals surface area contributed by atoms with Gasteiger partial charge in [0.1, 0.15) is 12.4 Å². The summed E-state index contributed by atoms with van der Waals surface area (Å²) in [5.41, 5.74) is 3.01. The van der Waals surface area contributed by atoms with Gasteiger partial charge in [-0.05, 0) is 35.2 Å². The molecule has 0 atom stereocenters. The molecule has 1 N–H and O–H groups in total. The lowest BCUT2D eigenvalue weighted by molar-refractivity contribution is 0.0970. The van der Waals surface area contributed by atoms with Crippen LogP contribution in [-0.2, 0) is 26.1 Å². The minimum absolute atomic E-state index is 0.0980. The van der Waals surface area contributed by atoms with Crippen LogP contribution in [0, 0.1) is 0 Å². The fourth-order valence-corrected chi connectivity index (χ4v) is 3.59. The molecule has 0 unspecified atom stereocenters. The van der Waals surface area contributed by atoms with Gasteiger partial charge in [0.2, 0.25) is 0 Å². The van der Waals surface area contributed by atoms with Gasteiger partial charge in [0.15, 0.2) is 5.78 Å². The molecule has 2 aromatic carbocycles. The van der Waals surface area contributed by atoms with Crippen LogP contribution in [-0.4, -0.2) is 33.0 Å². The largest absolute Gasteiger partial charge is 0.489 e. The fourth-order valence-electron chi connectivity index (χ4n) is 3.59. The van der Waals surface area contributed by atoms with E-state index >= 15 is 0 Å². The van der Waals surface area contributed by atoms with E-state index in [1.54, 1.807) is 24.4 Å². The highest BCUT2D eigenvalue weighted by Crippen LogP contribution is 2.21. The summed E-state index contributed by atoms with van der Waals surface area (Å²) in [5.74, 6) is 0.232. The summed E-state index contributed by atoms with van der Waals surface area (Å²) in [6.45, 7) is 0.966. The fraction of sp³-hybridized carbons (Fsp3) is 0.208. The summed E-state index contributed by atoms with van der Waals surface area (Å²) in [5, 5.41) is 9.20. The van der Waals surface area contributed by atoms with E-state index in [9.17, 15) is 19.5 Å². The van der Waals surface area contributed by atoms with E-state index in [1.807, 2.05) is 36.4 Å². The summed E-state index contributed by atoms with van der Waals surface area (Å²) in [6.07, 6.45) is 1.20. The van der Waals surface area contributed by atoms with E-state index < -0.39 is 6.09 Å². The number of rotatable bonds is 6. The molecule has 0 bridgehead atoms. The first kappa shape index (κ1) is 20.4. The number of pyridine rings is 1. The van der Waals surface area contributed by atoms with Gasteiger partial charge in [-0.2, -0.15) is 0 Å². The summed E-state index contributed by atoms with van der Waals surface area (Å²) >= 11 is 0. The zero-order valence-electron chi connectivity index (χ0n) is 16.9. The standard InChI is InChI=1S/C24H22N2O5/c27-22(19-7-6-18-8-10-26(24(29)30)14-20(18)12-19)15-25-11-9-21(13-23(25)28)31-16-17-4-2-1-3-5-17/h1-7,9,11-13H,8,10,14-16H2,(H,29,30). The molecule has 7 nitrogen and oxygen atoms in total. The highest BCUT2D eigenvalue weighted by atomic mass is 16.5. The van der Waals surface area contributed by atoms with Crippen molar-refractivity contribution in [3.63, 3.8) is 0 Å². The number of carbonyl (C=O) groups is 2. The summed E-state index contributed by atoms with van der Waals surface area (Å²) < 4.78 is 6.99. The first-order chi connectivity index (χ1) is 15.0. The quantitative estimate of drug-likeness (QED) is 0.620. The van der Waals surface area contributed by atoms with Crippen molar-refractivity contribution in [3.05, 3.63) is 99.5 Å². The van der Waals surface area contributed by atoms with Gasteiger partial charge in [0, 0.05) is 30.9 Å². The molecule has 1 aliphatic rings. The zero-order valence-corrected chi connectivity index (χ0v) is 16.9. The second kappa shape index (κ2) is 8.87. The van der Waals surface area contributed by atoms with Crippen LogP contribution in [0.3, 0.4) is 0 Å². The van der Waals surface area contributed by atoms with Crippen LogP contribution in [0.4, 0.5) is 4.79 Å². The monoisotopic (exact) mass is 418 g/mol. The average Bonchev–Trinajstić information content (AvgIpc) is 2.79. The molecule has 3 aromatic rings. The molecule has 0 saturated carbocycles. The van der Waals surface area contributed by atoms with Crippen molar-refractivity contribution in [2.75, 3.05) is 6.54 Å². The molecule has 31 heavy (non-hydrogen) atoms. The van der Waals surface area contributed by atoms with E-state index in [2.05, 4.69) is 0 Å². The van der Waals surface area contributed by atoms with Crippen molar-refractivity contribution >= 4 is 11.9 Å². The molecule has 1 aliphatic heterocycles. The third kappa shape index (κ3) is 4.83. The Hall–Kier alpha value is -3.87. The number of benzene rings is 2. The van der Waals surface area contributed by atoms with Gasteiger partial charge in [-0.25, -0.2) is 4.79 Å². The van der Waals surface area contributed by atoms with Gasteiger partial charge in [-0.1, -0.05) is 42.5 Å². The Morgan fingerprint density at radius 3 is 2.55 bits per heavy atom. The average molecular weight is 418 g/mol. The van der Waals surface area contributed by atoms with E-state index in [0.29, 0.717) is 30.9 Å². The number of amides is 1. The Morgan fingerprint density at radius 1 is 1.00 bits per heavy atom. The third-order valence-corrected chi connectivity index (χ3v) is 5.34. The molecule has 0 aliphatic carbocycles. The van der Waals surface area contributed by atoms with Crippen molar-refractivity contribution in [1.29, 1.82) is 0 Å². The normalized spacial score (nSPS) is 12.8. The number of hydrogen-bond donors (Lipinski definition) is 1. The first-order valence-corrected chi connectivity index (χ1v) is 10.00. The molecule has 4 rings (SSSR count). The summed E-state index contributed by atoms with van der Waals surface area (Å²) in [4.78, 5) is 37.7.